The summed E-state index contributed by atoms with van der Waals surface area (Å²) in [6.07, 6.45) is 13.3. The minimum absolute atomic E-state index is 0.0398. The van der Waals surface area contributed by atoms with Gasteiger partial charge in [0, 0.05) is 10.8 Å². The van der Waals surface area contributed by atoms with Crippen molar-refractivity contribution in [1.82, 2.24) is 0 Å². The Morgan fingerprint density at radius 1 is 0.667 bits per heavy atom. The maximum absolute atomic E-state index is 13.5. The first-order valence-electron chi connectivity index (χ1n) is 19.8. The second kappa shape index (κ2) is 12.9. The molecule has 4 saturated carbocycles. The van der Waals surface area contributed by atoms with E-state index in [1.807, 2.05) is 0 Å². The van der Waals surface area contributed by atoms with Gasteiger partial charge in [-0.2, -0.15) is 0 Å². The summed E-state index contributed by atoms with van der Waals surface area (Å²) < 4.78 is 12.1. The van der Waals surface area contributed by atoms with Gasteiger partial charge in [0.25, 0.3) is 0 Å². The fraction of sp³-hybridized carbons (Fsp3) is 0.565. The van der Waals surface area contributed by atoms with E-state index in [2.05, 4.69) is 60.6 Å². The van der Waals surface area contributed by atoms with Crippen molar-refractivity contribution >= 4 is 23.9 Å². The van der Waals surface area contributed by atoms with Crippen LogP contribution in [0.2, 0.25) is 0 Å². The zero-order valence-electron chi connectivity index (χ0n) is 32.9. The van der Waals surface area contributed by atoms with E-state index < -0.39 is 23.9 Å². The first kappa shape index (κ1) is 38.1. The SMILES string of the molecule is CC1(C)C(OC(=O)c2ccccc2C(=O)O)CC[C@]2(C)C3=CC=C4[C@@H]5C[C@@](C)(COC(=O)c6ccccc6C(=O)O)CC[C@]5(C)CC[C@@]4(C)[C@]3(C)CC[C@@H]12. The van der Waals surface area contributed by atoms with Gasteiger partial charge >= 0.3 is 23.9 Å². The van der Waals surface area contributed by atoms with Gasteiger partial charge in [-0.3, -0.25) is 0 Å². The third-order valence-electron chi connectivity index (χ3n) is 15.8. The maximum atomic E-state index is 13.5. The lowest BCUT2D eigenvalue weighted by molar-refractivity contribution is -0.129. The fourth-order valence-corrected chi connectivity index (χ4v) is 12.2. The average Bonchev–Trinajstić information content (AvgIpc) is 3.13. The highest BCUT2D eigenvalue weighted by molar-refractivity contribution is 6.03. The first-order chi connectivity index (χ1) is 25.3. The Morgan fingerprint density at radius 3 is 1.85 bits per heavy atom. The van der Waals surface area contributed by atoms with Crippen molar-refractivity contribution in [3.63, 3.8) is 0 Å². The van der Waals surface area contributed by atoms with Gasteiger partial charge < -0.3 is 19.7 Å². The van der Waals surface area contributed by atoms with Crippen molar-refractivity contribution in [2.75, 3.05) is 6.61 Å². The van der Waals surface area contributed by atoms with Gasteiger partial charge in [0.2, 0.25) is 0 Å². The summed E-state index contributed by atoms with van der Waals surface area (Å²) in [5.41, 5.74) is 2.53. The van der Waals surface area contributed by atoms with Crippen molar-refractivity contribution in [1.29, 1.82) is 0 Å². The van der Waals surface area contributed by atoms with E-state index in [-0.39, 0.29) is 73.4 Å². The average molecular weight is 737 g/mol. The maximum Gasteiger partial charge on any atom is 0.339 e. The van der Waals surface area contributed by atoms with Crippen LogP contribution >= 0.6 is 0 Å². The molecule has 0 saturated heterocycles. The molecule has 2 N–H and O–H groups in total. The van der Waals surface area contributed by atoms with E-state index in [1.165, 1.54) is 35.4 Å². The molecule has 8 atom stereocenters. The molecular formula is C46H56O8. The van der Waals surface area contributed by atoms with Gasteiger partial charge in [0.05, 0.1) is 28.9 Å². The van der Waals surface area contributed by atoms with Crippen LogP contribution in [0.15, 0.2) is 71.8 Å². The normalized spacial score (nSPS) is 36.5. The number of rotatable bonds is 7. The van der Waals surface area contributed by atoms with Gasteiger partial charge in [-0.1, -0.05) is 96.0 Å². The van der Waals surface area contributed by atoms with Crippen LogP contribution in [0.3, 0.4) is 0 Å². The Morgan fingerprint density at radius 2 is 1.24 bits per heavy atom. The molecule has 4 fully saturated rings. The molecule has 5 aliphatic carbocycles. The molecule has 0 amide bonds. The lowest BCUT2D eigenvalue weighted by Gasteiger charge is -2.68. The number of carboxylic acid groups (broad SMARTS) is 2. The molecule has 0 heterocycles. The topological polar surface area (TPSA) is 127 Å². The highest BCUT2D eigenvalue weighted by Gasteiger charge is 2.66. The van der Waals surface area contributed by atoms with E-state index in [4.69, 9.17) is 9.47 Å². The molecule has 0 bridgehead atoms. The standard InChI is InChI=1S/C46H56O8/c1-41(2)34-18-21-46(7)35(44(34,5)20-19-36(41)54-40(52)31-15-11-9-13-29(31)38(49)50)17-16-32-33-26-42(3,22-23-43(33,4)24-25-45(32,46)6)27-53-39(51)30-14-10-8-12-28(30)37(47)48/h8-17,33-34,36H,18-27H2,1-7H3,(H,47,48)(H,49,50)/t33-,34-,36?,42-,43+,44-,45+,46+/m0/s1. The summed E-state index contributed by atoms with van der Waals surface area (Å²) in [5, 5.41) is 19.3. The minimum atomic E-state index is -1.14. The summed E-state index contributed by atoms with van der Waals surface area (Å²) in [7, 11) is 0. The van der Waals surface area contributed by atoms with Crippen molar-refractivity contribution < 1.29 is 38.9 Å². The number of allylic oxidation sites excluding steroid dienone is 4. The van der Waals surface area contributed by atoms with Crippen molar-refractivity contribution in [2.45, 2.75) is 112 Å². The van der Waals surface area contributed by atoms with Crippen LogP contribution in [0.5, 0.6) is 0 Å². The first-order valence-corrected chi connectivity index (χ1v) is 19.8. The number of ether oxygens (including phenoxy) is 2. The number of esters is 2. The Kier molecular flexibility index (Phi) is 9.13. The molecule has 0 radical (unpaired) electrons. The van der Waals surface area contributed by atoms with E-state index in [9.17, 15) is 29.4 Å². The lowest BCUT2D eigenvalue weighted by atomic mass is 9.36. The van der Waals surface area contributed by atoms with Gasteiger partial charge in [-0.25, -0.2) is 19.2 Å². The molecule has 288 valence electrons. The summed E-state index contributed by atoms with van der Waals surface area (Å²) in [4.78, 5) is 50.3. The number of hydrogen-bond donors (Lipinski definition) is 2. The van der Waals surface area contributed by atoms with Crippen LogP contribution in [0.4, 0.5) is 0 Å². The summed E-state index contributed by atoms with van der Waals surface area (Å²) >= 11 is 0. The molecule has 0 aliphatic heterocycles. The molecule has 1 unspecified atom stereocenters. The number of carboxylic acids is 2. The summed E-state index contributed by atoms with van der Waals surface area (Å²) in [6, 6.07) is 12.5. The highest BCUT2D eigenvalue weighted by atomic mass is 16.5. The number of aromatic carboxylic acids is 2. The van der Waals surface area contributed by atoms with Gasteiger partial charge in [0.15, 0.2) is 0 Å². The largest absolute Gasteiger partial charge is 0.478 e. The van der Waals surface area contributed by atoms with E-state index in [0.717, 1.165) is 51.4 Å². The number of carbonyl (C=O) groups excluding carboxylic acids is 2. The van der Waals surface area contributed by atoms with Crippen molar-refractivity contribution in [3.8, 4) is 0 Å². The molecule has 8 nitrogen and oxygen atoms in total. The zero-order chi connectivity index (χ0) is 39.1. The summed E-state index contributed by atoms with van der Waals surface area (Å²) in [5.74, 6) is -2.83. The van der Waals surface area contributed by atoms with Crippen LogP contribution in [-0.2, 0) is 9.47 Å². The number of benzene rings is 2. The smallest absolute Gasteiger partial charge is 0.339 e. The van der Waals surface area contributed by atoms with Crippen molar-refractivity contribution in [3.05, 3.63) is 94.1 Å². The van der Waals surface area contributed by atoms with Crippen LogP contribution < -0.4 is 0 Å². The molecule has 54 heavy (non-hydrogen) atoms. The summed E-state index contributed by atoms with van der Waals surface area (Å²) in [6.45, 7) is 16.8. The highest BCUT2D eigenvalue weighted by Crippen LogP contribution is 2.74. The van der Waals surface area contributed by atoms with Crippen LogP contribution in [0.1, 0.15) is 148 Å². The lowest BCUT2D eigenvalue weighted by Crippen LogP contribution is -2.61. The van der Waals surface area contributed by atoms with Crippen LogP contribution in [-0.4, -0.2) is 46.8 Å². The minimum Gasteiger partial charge on any atom is -0.478 e. The van der Waals surface area contributed by atoms with Crippen LogP contribution in [0, 0.1) is 44.3 Å². The number of fused-ring (bicyclic) bond motifs is 7. The second-order valence-electron chi connectivity index (χ2n) is 19.1. The Labute approximate surface area is 319 Å². The zero-order valence-corrected chi connectivity index (χ0v) is 32.9. The molecule has 0 aromatic heterocycles. The molecule has 0 spiro atoms. The molecule has 2 aromatic rings. The Hall–Kier alpha value is -4.20. The molecule has 2 aromatic carbocycles. The van der Waals surface area contributed by atoms with E-state index >= 15 is 0 Å². The molecular weight excluding hydrogens is 680 g/mol. The van der Waals surface area contributed by atoms with Gasteiger partial charge in [0.1, 0.15) is 6.10 Å². The third kappa shape index (κ3) is 5.76. The van der Waals surface area contributed by atoms with Gasteiger partial charge in [-0.05, 0) is 116 Å². The molecule has 5 aliphatic rings. The van der Waals surface area contributed by atoms with Crippen LogP contribution in [0.25, 0.3) is 0 Å². The predicted octanol–water partition coefficient (Wildman–Crippen LogP) is 10.2. The second-order valence-corrected chi connectivity index (χ2v) is 19.1. The Balaban J connectivity index is 1.14. The number of carbonyl (C=O) groups is 4. The fourth-order valence-electron chi connectivity index (χ4n) is 12.2. The monoisotopic (exact) mass is 736 g/mol. The third-order valence-corrected chi connectivity index (χ3v) is 15.8. The predicted molar refractivity (Wildman–Crippen MR) is 205 cm³/mol. The quantitative estimate of drug-likeness (QED) is 0.269. The van der Waals surface area contributed by atoms with Gasteiger partial charge in [-0.15, -0.1) is 0 Å². The number of hydrogen-bond acceptors (Lipinski definition) is 6. The molecule has 8 heteroatoms. The Bertz CT molecular complexity index is 1970. The van der Waals surface area contributed by atoms with E-state index in [1.54, 1.807) is 24.3 Å². The van der Waals surface area contributed by atoms with Crippen molar-refractivity contribution in [2.24, 2.45) is 44.3 Å². The van der Waals surface area contributed by atoms with E-state index in [0.29, 0.717) is 12.3 Å². The molecule has 7 rings (SSSR count).